The van der Waals surface area contributed by atoms with Crippen molar-refractivity contribution in [3.05, 3.63) is 71.8 Å². The molecule has 0 aliphatic heterocycles. The highest BCUT2D eigenvalue weighted by molar-refractivity contribution is 7.24. The van der Waals surface area contributed by atoms with Crippen molar-refractivity contribution in [3.8, 4) is 0 Å². The van der Waals surface area contributed by atoms with Crippen LogP contribution in [0.15, 0.2) is 60.7 Å². The Hall–Kier alpha value is -1.46. The van der Waals surface area contributed by atoms with E-state index in [4.69, 9.17) is 0 Å². The summed E-state index contributed by atoms with van der Waals surface area (Å²) in [6.07, 6.45) is 1.88. The van der Waals surface area contributed by atoms with Gasteiger partial charge in [-0.3, -0.25) is 4.57 Å². The minimum absolute atomic E-state index is 0.108. The molecule has 0 heterocycles. The van der Waals surface area contributed by atoms with E-state index >= 15 is 0 Å². The van der Waals surface area contributed by atoms with E-state index in [0.717, 1.165) is 18.4 Å². The van der Waals surface area contributed by atoms with Crippen molar-refractivity contribution in [3.63, 3.8) is 0 Å². The second-order valence-electron chi connectivity index (χ2n) is 4.06. The predicted molar refractivity (Wildman–Crippen MR) is 71.6 cm³/mol. The summed E-state index contributed by atoms with van der Waals surface area (Å²) in [6.45, 7) is 0. The van der Waals surface area contributed by atoms with Crippen LogP contribution in [0, 0.1) is 0 Å². The molecule has 2 heteroatoms. The summed E-state index contributed by atoms with van der Waals surface area (Å²) in [5.41, 5.74) is 2.56. The van der Waals surface area contributed by atoms with E-state index in [0.29, 0.717) is 0 Å². The van der Waals surface area contributed by atoms with Gasteiger partial charge in [-0.05, 0) is 24.0 Å². The van der Waals surface area contributed by atoms with E-state index in [1.54, 1.807) is 0 Å². The van der Waals surface area contributed by atoms with Gasteiger partial charge in [0.2, 0.25) is 0 Å². The first-order valence-corrected chi connectivity index (χ1v) is 6.69. The lowest BCUT2D eigenvalue weighted by molar-refractivity contribution is 0.587. The van der Waals surface area contributed by atoms with E-state index in [1.165, 1.54) is 5.56 Å². The lowest BCUT2D eigenvalue weighted by Gasteiger charge is -2.09. The third-order valence-corrected chi connectivity index (χ3v) is 3.67. The van der Waals surface area contributed by atoms with Crippen molar-refractivity contribution in [1.29, 1.82) is 0 Å². The number of aryl methyl sites for hydroxylation is 1. The highest BCUT2D eigenvalue weighted by Gasteiger charge is 2.10. The fourth-order valence-electron chi connectivity index (χ4n) is 1.90. The standard InChI is InChI=1S/C15H15OP/c16-17-15(14-9-5-2-6-10-14)12-11-13-7-3-1-4-8-13/h1-10,15H,11-12H2. The largest absolute Gasteiger partial charge is 0.274 e. The molecule has 2 rings (SSSR count). The highest BCUT2D eigenvalue weighted by Crippen LogP contribution is 2.31. The Bertz CT molecular complexity index is 453. The summed E-state index contributed by atoms with van der Waals surface area (Å²) in [5, 5.41) is 0. The van der Waals surface area contributed by atoms with Crippen LogP contribution >= 0.6 is 8.46 Å². The minimum Gasteiger partial charge on any atom is -0.274 e. The molecule has 86 valence electrons. The average Bonchev–Trinajstić information content (AvgIpc) is 2.42. The monoisotopic (exact) mass is 242 g/mol. The van der Waals surface area contributed by atoms with Crippen molar-refractivity contribution in [2.75, 3.05) is 0 Å². The van der Waals surface area contributed by atoms with E-state index in [9.17, 15) is 4.57 Å². The topological polar surface area (TPSA) is 17.1 Å². The average molecular weight is 242 g/mol. The first-order chi connectivity index (χ1) is 8.40. The third kappa shape index (κ3) is 3.51. The second-order valence-corrected chi connectivity index (χ2v) is 4.89. The summed E-state index contributed by atoms with van der Waals surface area (Å²) in [4.78, 5) is 0. The molecule has 0 aliphatic rings. The molecule has 0 saturated heterocycles. The Morgan fingerprint density at radius 3 is 2.06 bits per heavy atom. The van der Waals surface area contributed by atoms with Gasteiger partial charge in [0.05, 0.1) is 5.66 Å². The maximum absolute atomic E-state index is 11.2. The van der Waals surface area contributed by atoms with Crippen molar-refractivity contribution in [1.82, 2.24) is 0 Å². The highest BCUT2D eigenvalue weighted by atomic mass is 31.1. The van der Waals surface area contributed by atoms with Crippen LogP contribution < -0.4 is 0 Å². The van der Waals surface area contributed by atoms with Crippen LogP contribution in [0.5, 0.6) is 0 Å². The smallest absolute Gasteiger partial charge is 0.163 e. The third-order valence-electron chi connectivity index (χ3n) is 2.86. The quantitative estimate of drug-likeness (QED) is 0.697. The van der Waals surface area contributed by atoms with Gasteiger partial charge in [0, 0.05) is 0 Å². The van der Waals surface area contributed by atoms with Crippen molar-refractivity contribution < 1.29 is 4.57 Å². The van der Waals surface area contributed by atoms with Gasteiger partial charge < -0.3 is 0 Å². The van der Waals surface area contributed by atoms with Gasteiger partial charge in [0.15, 0.2) is 8.46 Å². The normalized spacial score (nSPS) is 12.5. The van der Waals surface area contributed by atoms with Crippen molar-refractivity contribution in [2.45, 2.75) is 18.5 Å². The second kappa shape index (κ2) is 6.32. The van der Waals surface area contributed by atoms with Gasteiger partial charge >= 0.3 is 0 Å². The lowest BCUT2D eigenvalue weighted by atomic mass is 10.0. The summed E-state index contributed by atoms with van der Waals surface area (Å²) < 4.78 is 11.2. The van der Waals surface area contributed by atoms with Crippen LogP contribution in [0.2, 0.25) is 0 Å². The number of hydrogen-bond donors (Lipinski definition) is 0. The molecule has 1 unspecified atom stereocenters. The van der Waals surface area contributed by atoms with Gasteiger partial charge in [-0.2, -0.15) is 0 Å². The zero-order valence-electron chi connectivity index (χ0n) is 9.62. The maximum atomic E-state index is 11.2. The van der Waals surface area contributed by atoms with Crippen LogP contribution in [0.3, 0.4) is 0 Å². The summed E-state index contributed by atoms with van der Waals surface area (Å²) in [6, 6.07) is 20.4. The SMILES string of the molecule is O=PC(CCc1ccccc1)c1ccccc1. The molecule has 0 N–H and O–H groups in total. The van der Waals surface area contributed by atoms with Crippen LogP contribution in [0.1, 0.15) is 23.2 Å². The van der Waals surface area contributed by atoms with Gasteiger partial charge in [-0.25, -0.2) is 0 Å². The Balaban J connectivity index is 2.00. The molecule has 17 heavy (non-hydrogen) atoms. The molecule has 0 radical (unpaired) electrons. The van der Waals surface area contributed by atoms with E-state index in [-0.39, 0.29) is 14.1 Å². The van der Waals surface area contributed by atoms with Crippen molar-refractivity contribution >= 4 is 8.46 Å². The first-order valence-electron chi connectivity index (χ1n) is 5.81. The predicted octanol–water partition coefficient (Wildman–Crippen LogP) is 4.65. The zero-order chi connectivity index (χ0) is 11.9. The zero-order valence-corrected chi connectivity index (χ0v) is 10.5. The van der Waals surface area contributed by atoms with Crippen molar-refractivity contribution in [2.24, 2.45) is 0 Å². The molecule has 1 atom stereocenters. The Kier molecular flexibility index (Phi) is 4.46. The van der Waals surface area contributed by atoms with Crippen LogP contribution in [-0.2, 0) is 11.0 Å². The van der Waals surface area contributed by atoms with Crippen LogP contribution in [0.4, 0.5) is 0 Å². The molecule has 2 aromatic rings. The Morgan fingerprint density at radius 1 is 0.882 bits per heavy atom. The fourth-order valence-corrected chi connectivity index (χ4v) is 2.43. The maximum Gasteiger partial charge on any atom is 0.163 e. The summed E-state index contributed by atoms with van der Waals surface area (Å²) in [7, 11) is 0.210. The van der Waals surface area contributed by atoms with Gasteiger partial charge in [-0.1, -0.05) is 60.7 Å². The minimum atomic E-state index is 0.108. The first kappa shape index (κ1) is 12.0. The number of rotatable bonds is 5. The van der Waals surface area contributed by atoms with E-state index < -0.39 is 0 Å². The molecule has 0 aromatic heterocycles. The summed E-state index contributed by atoms with van der Waals surface area (Å²) in [5.74, 6) is 0. The molecule has 0 bridgehead atoms. The number of benzene rings is 2. The Morgan fingerprint density at radius 2 is 1.47 bits per heavy atom. The van der Waals surface area contributed by atoms with E-state index in [1.807, 2.05) is 48.5 Å². The molecule has 0 aliphatic carbocycles. The molecule has 1 nitrogen and oxygen atoms in total. The molecular formula is C15H15OP. The molecular weight excluding hydrogens is 227 g/mol. The molecule has 0 amide bonds. The summed E-state index contributed by atoms with van der Waals surface area (Å²) >= 11 is 0. The number of hydrogen-bond acceptors (Lipinski definition) is 1. The molecule has 2 aromatic carbocycles. The van der Waals surface area contributed by atoms with Gasteiger partial charge in [-0.15, -0.1) is 0 Å². The van der Waals surface area contributed by atoms with Gasteiger partial charge in [0.1, 0.15) is 0 Å². The lowest BCUT2D eigenvalue weighted by Crippen LogP contribution is -1.93. The van der Waals surface area contributed by atoms with Crippen LogP contribution in [-0.4, -0.2) is 0 Å². The molecule has 0 saturated carbocycles. The fraction of sp³-hybridized carbons (Fsp3) is 0.200. The van der Waals surface area contributed by atoms with Gasteiger partial charge in [0.25, 0.3) is 0 Å². The Labute approximate surface area is 104 Å². The van der Waals surface area contributed by atoms with Crippen LogP contribution in [0.25, 0.3) is 0 Å². The molecule has 0 spiro atoms. The molecule has 0 fully saturated rings. The van der Waals surface area contributed by atoms with E-state index in [2.05, 4.69) is 12.1 Å².